The molecule has 2 aliphatic carbocycles. The van der Waals surface area contributed by atoms with Crippen molar-refractivity contribution in [2.75, 3.05) is 55.2 Å². The summed E-state index contributed by atoms with van der Waals surface area (Å²) in [7, 11) is 4.05. The van der Waals surface area contributed by atoms with E-state index in [4.69, 9.17) is 48.7 Å². The Balaban J connectivity index is 0.000000323. The first-order valence-corrected chi connectivity index (χ1v) is 48.8. The van der Waals surface area contributed by atoms with Crippen molar-refractivity contribution in [2.45, 2.75) is 278 Å². The second kappa shape index (κ2) is 55.8. The smallest absolute Gasteiger partial charge is 0.870 e. The molecule has 6 aromatic carbocycles. The van der Waals surface area contributed by atoms with E-state index < -0.39 is 133 Å². The van der Waals surface area contributed by atoms with Crippen molar-refractivity contribution in [1.82, 2.24) is 35.8 Å². The van der Waals surface area contributed by atoms with Crippen LogP contribution in [0.25, 0.3) is 33.4 Å². The molecule has 0 bridgehead atoms. The number of hydrogen-bond donors (Lipinski definition) is 8. The van der Waals surface area contributed by atoms with E-state index in [0.717, 1.165) is 109 Å². The Labute approximate surface area is 838 Å². The molecule has 0 aromatic heterocycles. The molecule has 3 heterocycles. The fourth-order valence-electron chi connectivity index (χ4n) is 16.6. The Morgan fingerprint density at radius 1 is 0.457 bits per heavy atom. The van der Waals surface area contributed by atoms with Gasteiger partial charge in [0.05, 0.1) is 32.6 Å². The number of unbranched alkanes of at least 4 members (excludes halogenated alkanes) is 9. The maximum absolute atomic E-state index is 14.0. The average Bonchev–Trinajstić information content (AvgIpc) is 1.60. The van der Waals surface area contributed by atoms with Gasteiger partial charge in [0.1, 0.15) is 75.4 Å². The van der Waals surface area contributed by atoms with E-state index in [-0.39, 0.29) is 74.1 Å². The minimum atomic E-state index is -3.47. The molecule has 760 valence electrons. The van der Waals surface area contributed by atoms with Crippen LogP contribution in [0.4, 0.5) is 14.4 Å². The van der Waals surface area contributed by atoms with Gasteiger partial charge in [0, 0.05) is 53.1 Å². The topological polar surface area (TPSA) is 442 Å². The Morgan fingerprint density at radius 3 is 1.09 bits per heavy atom. The first kappa shape index (κ1) is 119. The number of esters is 2. The molecule has 0 spiro atoms. The summed E-state index contributed by atoms with van der Waals surface area (Å²) >= 11 is 0. The van der Waals surface area contributed by atoms with E-state index in [0.29, 0.717) is 64.3 Å². The number of likely N-dealkylation sites (tertiary alicyclic amines) is 2. The number of rotatable bonds is 40. The number of methoxy groups -OCH3 is 5. The van der Waals surface area contributed by atoms with Crippen LogP contribution >= 0.6 is 0 Å². The van der Waals surface area contributed by atoms with E-state index in [2.05, 4.69) is 84.0 Å². The molecular formula is C107H147LiN8O23S. The van der Waals surface area contributed by atoms with E-state index in [1.807, 2.05) is 150 Å². The van der Waals surface area contributed by atoms with Crippen LogP contribution in [0.2, 0.25) is 0 Å². The summed E-state index contributed by atoms with van der Waals surface area (Å²) in [6, 6.07) is 49.4. The average molecular weight is 1950 g/mol. The second-order valence-electron chi connectivity index (χ2n) is 38.3. The van der Waals surface area contributed by atoms with Crippen LogP contribution in [-0.4, -0.2) is 213 Å². The predicted octanol–water partition coefficient (Wildman–Crippen LogP) is 14.1. The number of carbonyl (C=O) groups excluding carboxylic acids is 8. The molecule has 31 nitrogen and oxygen atoms in total. The molecule has 3 saturated heterocycles. The number of allylic oxidation sites excluding steroid dienone is 3. The first-order chi connectivity index (χ1) is 65.4. The van der Waals surface area contributed by atoms with Crippen LogP contribution in [0.5, 0.6) is 0 Å². The third-order valence-electron chi connectivity index (χ3n) is 24.5. The van der Waals surface area contributed by atoms with Gasteiger partial charge in [-0.1, -0.05) is 227 Å². The number of carboxylic acids is 2. The number of nitrogens with one attached hydrogen (secondary N) is 5. The third-order valence-corrected chi connectivity index (χ3v) is 26.3. The number of nitrogens with zero attached hydrogens (tertiary/aromatic N) is 2. The van der Waals surface area contributed by atoms with Gasteiger partial charge < -0.3 is 90.4 Å². The molecular weight excluding hydrogens is 1800 g/mol. The number of hydrogen-bond acceptors (Lipinski definition) is 23. The number of benzene rings is 6. The molecule has 140 heavy (non-hydrogen) atoms. The summed E-state index contributed by atoms with van der Waals surface area (Å²) in [5.41, 5.74) is 9.44. The van der Waals surface area contributed by atoms with Crippen molar-refractivity contribution in [1.29, 1.82) is 0 Å². The summed E-state index contributed by atoms with van der Waals surface area (Å²) in [4.78, 5) is 127. The summed E-state index contributed by atoms with van der Waals surface area (Å²) in [6.07, 6.45) is 19.2. The largest absolute Gasteiger partial charge is 1.00 e. The summed E-state index contributed by atoms with van der Waals surface area (Å²) in [5, 5.41) is 29.8. The molecule has 5 aliphatic rings. The maximum atomic E-state index is 14.0. The van der Waals surface area contributed by atoms with Gasteiger partial charge in [-0.05, 0) is 189 Å². The fourth-order valence-corrected chi connectivity index (χ4v) is 18.0. The molecule has 11 atom stereocenters. The molecule has 6 amide bonds. The molecule has 10 N–H and O–H groups in total. The van der Waals surface area contributed by atoms with Gasteiger partial charge in [-0.3, -0.25) is 23.9 Å². The first-order valence-electron chi connectivity index (χ1n) is 47.2. The normalized spacial score (nSPS) is 20.6. The van der Waals surface area contributed by atoms with Crippen LogP contribution in [0.15, 0.2) is 214 Å². The number of amides is 6. The van der Waals surface area contributed by atoms with Crippen molar-refractivity contribution >= 4 is 69.9 Å². The Hall–Kier alpha value is -11.3. The zero-order valence-corrected chi connectivity index (χ0v) is 85.0. The van der Waals surface area contributed by atoms with E-state index in [1.54, 1.807) is 82.6 Å². The number of carboxylic acid groups (broad SMARTS) is 2. The van der Waals surface area contributed by atoms with E-state index >= 15 is 0 Å². The van der Waals surface area contributed by atoms with Gasteiger partial charge in [0.25, 0.3) is 5.91 Å². The summed E-state index contributed by atoms with van der Waals surface area (Å²) in [6.45, 7) is 31.2. The minimum Gasteiger partial charge on any atom is -0.870 e. The van der Waals surface area contributed by atoms with E-state index in [1.165, 1.54) is 36.7 Å². The van der Waals surface area contributed by atoms with Crippen LogP contribution in [-0.2, 0) is 98.3 Å². The van der Waals surface area contributed by atoms with Crippen LogP contribution < -0.4 is 50.6 Å². The van der Waals surface area contributed by atoms with Gasteiger partial charge >= 0.3 is 61.0 Å². The van der Waals surface area contributed by atoms with Gasteiger partial charge in [-0.2, -0.15) is 0 Å². The number of sulfonamides is 1. The Morgan fingerprint density at radius 2 is 0.786 bits per heavy atom. The van der Waals surface area contributed by atoms with Gasteiger partial charge in [-0.15, -0.1) is 26.3 Å². The van der Waals surface area contributed by atoms with Gasteiger partial charge in [0.15, 0.2) is 0 Å². The zero-order valence-electron chi connectivity index (χ0n) is 84.2. The summed E-state index contributed by atoms with van der Waals surface area (Å²) < 4.78 is 68.6. The number of nitrogens with two attached hydrogens (primary N) is 1. The third kappa shape index (κ3) is 36.0. The standard InChI is InChI=1S/C33H44N2O6.C32H42N2O6.C19H21NO3.C14H25NO4.C9H14N2O3S.Li.H2O/c1-7-8-9-10-14-17-27(34-31(38)41-32(2,3)4)29(36)35-23-33(40-6,22-28(35)30(37)39-5)26-20-18-25(19-21-26)24-15-12-11-13-16-24;1-6-7-8-9-13-16-26(33-30(38)40-31(2,3)4)28(35)34-22-32(39-5,21-27(34)29(36)37)25-19-17-24(18-20-25)23-14-11-10-12-15-23;1-22-18(21)17-12-19(23-2,13-20-17)16-10-8-15(9-11-16)14-6-4-3-5-7-14;1-5-6-7-8-9-10-11(12(16)17)15-13(18)19-14(2,3)4;1-2-6-5-9(6,10)8(12)11-15(13,14)7-3-4-7;;/h7,11-13,15-16,18-21,27-28H,1,8-10,14,17,22-23H2,2-6H3,(H,34,38);6,10-12,14-15,17-20,26-27H,1,7-9,13,16,21-22H2,2-5H3,(H,33,38)(H,36,37);3-11,17,20H,12-13H2,1-2H3;5,11H,1,6-10H2,2-4H3,(H,15,18)(H,16,17);2,6-7H,1,3-5,10H2,(H,11,12);;1H2/q;;;;;+1;/p-1/t27-,28-,33-;26-,27-,32-;17-,19-;11-;6-,9-;;/m00001../s1. The minimum absolute atomic E-state index is 0. The number of ether oxygens (including phenoxy) is 8. The fraction of sp³-hybridized carbons (Fsp3) is 0.495. The van der Waals surface area contributed by atoms with Crippen LogP contribution in [0.3, 0.4) is 0 Å². The number of carbonyl (C=O) groups is 10. The molecule has 0 radical (unpaired) electrons. The molecule has 33 heteroatoms. The SMILES string of the molecule is C=CCCCCC[C@H](NC(=O)OC(C)(C)C)C(=O)N1C[C@](OC)(c2ccc(-c3ccccc3)cc2)C[C@H]1C(=O)O.C=CCCCCC[C@H](NC(=O)OC(C)(C)C)C(=O)N1C[C@](OC)(c2ccc(-c3ccccc3)cc2)C[C@H]1C(=O)OC.C=CCCCCC[C@H](NC(=O)OC(C)(C)C)C(=O)O.C=C[C@@H]1C[C@]1(N)C(=O)NS(=O)(=O)C1CC1.COC(=O)[C@@H]1C[C@@](OC)(c2ccc(-c3ccccc3)cc2)CN1.[Li+].[OH-]. The molecule has 5 fully saturated rings. The Bertz CT molecular complexity index is 5130. The summed E-state index contributed by atoms with van der Waals surface area (Å²) in [5.74, 6) is -4.45. The van der Waals surface area contributed by atoms with Crippen molar-refractivity contribution < 1.29 is 129 Å². The molecule has 0 unspecified atom stereocenters. The van der Waals surface area contributed by atoms with Gasteiger partial charge in [-0.25, -0.2) is 37.2 Å². The van der Waals surface area contributed by atoms with Crippen molar-refractivity contribution in [3.63, 3.8) is 0 Å². The van der Waals surface area contributed by atoms with E-state index in [9.17, 15) is 61.5 Å². The van der Waals surface area contributed by atoms with Crippen molar-refractivity contribution in [3.05, 3.63) is 231 Å². The quantitative estimate of drug-likeness (QED) is 0.00582. The number of alkyl carbamates (subject to hydrolysis) is 3. The molecule has 3 aliphatic heterocycles. The number of aliphatic carboxylic acids is 2. The molecule has 11 rings (SSSR count). The second-order valence-corrected chi connectivity index (χ2v) is 40.3. The molecule has 2 saturated carbocycles. The monoisotopic (exact) mass is 1950 g/mol. The van der Waals surface area contributed by atoms with Crippen LogP contribution in [0, 0.1) is 5.92 Å². The predicted molar refractivity (Wildman–Crippen MR) is 534 cm³/mol. The maximum Gasteiger partial charge on any atom is 1.00 e. The van der Waals surface area contributed by atoms with Gasteiger partial charge in [0.2, 0.25) is 21.8 Å². The van der Waals surface area contributed by atoms with Crippen molar-refractivity contribution in [3.8, 4) is 33.4 Å². The van der Waals surface area contributed by atoms with Crippen molar-refractivity contribution in [2.24, 2.45) is 11.7 Å². The van der Waals surface area contributed by atoms with Crippen LogP contribution in [0.1, 0.15) is 214 Å². The zero-order chi connectivity index (χ0) is 102. The molecule has 6 aromatic rings. The Kier molecular flexibility index (Phi) is 47.5.